The molecule has 0 unspecified atom stereocenters. The van der Waals surface area contributed by atoms with Crippen LogP contribution in [0, 0.1) is 0 Å². The lowest BCUT2D eigenvalue weighted by Gasteiger charge is -2.11. The van der Waals surface area contributed by atoms with E-state index < -0.39 is 42.3 Å². The molecule has 0 atom stereocenters. The lowest BCUT2D eigenvalue weighted by Crippen LogP contribution is -2.00. The molecule has 12 aromatic rings. The van der Waals surface area contributed by atoms with Crippen LogP contribution in [0.1, 0.15) is 15.1 Å². The number of benzene rings is 8. The number of rotatable bonds is 5. The molecule has 0 aliphatic carbocycles. The third-order valence-electron chi connectivity index (χ3n) is 10.3. The quantitative estimate of drug-likeness (QED) is 0.176. The molecule has 4 heterocycles. The molecule has 0 spiro atoms. The van der Waals surface area contributed by atoms with Gasteiger partial charge in [0.1, 0.15) is 22.3 Å². The molecule has 0 saturated carbocycles. The first-order chi connectivity index (χ1) is 32.8. The Hall–Kier alpha value is -7.83. The molecule has 266 valence electrons. The van der Waals surface area contributed by atoms with Gasteiger partial charge in [-0.1, -0.05) is 127 Å². The highest BCUT2D eigenvalue weighted by Crippen LogP contribution is 2.42. The van der Waals surface area contributed by atoms with E-state index in [1.54, 1.807) is 0 Å². The van der Waals surface area contributed by atoms with Crippen molar-refractivity contribution in [2.45, 2.75) is 0 Å². The van der Waals surface area contributed by atoms with Gasteiger partial charge in [0, 0.05) is 60.7 Å². The van der Waals surface area contributed by atoms with Gasteiger partial charge < -0.3 is 13.4 Å². The van der Waals surface area contributed by atoms with E-state index in [-0.39, 0.29) is 90.8 Å². The third-order valence-corrected chi connectivity index (χ3v) is 10.3. The number of hydrogen-bond donors (Lipinski definition) is 0. The SMILES string of the molecule is [2H]c1cc2c3c([2H])c([2H])c([2H])c([2H])c3n(-c3c([2H])cc4c(oc5c([2H])c([2H])cc(-c6nc(-c7ccccc7)nc(-c7cc(-c8ccccc8)c8c(c7)oc7ccccc78)n6)c54)c3[2H])c2c([2H])c1[2H]. The Labute approximate surface area is 341 Å². The van der Waals surface area contributed by atoms with E-state index in [4.69, 9.17) is 36.1 Å². The topological polar surface area (TPSA) is 69.9 Å². The highest BCUT2D eigenvalue weighted by atomic mass is 16.3. The van der Waals surface area contributed by atoms with Gasteiger partial charge in [0.15, 0.2) is 17.5 Å². The maximum atomic E-state index is 9.69. The summed E-state index contributed by atoms with van der Waals surface area (Å²) in [5.41, 5.74) is 3.98. The number of hydrogen-bond acceptors (Lipinski definition) is 5. The first kappa shape index (κ1) is 22.5. The van der Waals surface area contributed by atoms with Crippen LogP contribution in [0.3, 0.4) is 0 Å². The summed E-state index contributed by atoms with van der Waals surface area (Å²) in [6.45, 7) is 0. The van der Waals surface area contributed by atoms with Gasteiger partial charge in [-0.05, 0) is 59.6 Å². The summed E-state index contributed by atoms with van der Waals surface area (Å²) < 4.78 is 112. The van der Waals surface area contributed by atoms with Crippen LogP contribution >= 0.6 is 0 Å². The van der Waals surface area contributed by atoms with Gasteiger partial charge in [0.25, 0.3) is 0 Å². The predicted octanol–water partition coefficient (Wildman–Crippen LogP) is 13.4. The van der Waals surface area contributed by atoms with Gasteiger partial charge in [-0.3, -0.25) is 0 Å². The van der Waals surface area contributed by atoms with Crippen molar-refractivity contribution in [1.29, 1.82) is 0 Å². The van der Waals surface area contributed by atoms with Crippen LogP contribution in [-0.4, -0.2) is 19.5 Å². The van der Waals surface area contributed by atoms with Crippen LogP contribution in [0.2, 0.25) is 0 Å². The Balaban J connectivity index is 1.15. The maximum absolute atomic E-state index is 9.69. The summed E-state index contributed by atoms with van der Waals surface area (Å²) in [6, 6.07) is 30.3. The van der Waals surface area contributed by atoms with Gasteiger partial charge >= 0.3 is 0 Å². The highest BCUT2D eigenvalue weighted by molar-refractivity contribution is 6.15. The molecule has 8 aromatic carbocycles. The van der Waals surface area contributed by atoms with Crippen LogP contribution in [0.25, 0.3) is 117 Å². The molecule has 12 rings (SSSR count). The van der Waals surface area contributed by atoms with E-state index >= 15 is 0 Å². The van der Waals surface area contributed by atoms with Crippen LogP contribution in [-0.2, 0) is 0 Å². The molecule has 0 fully saturated rings. The standard InChI is InChI=1S/C51H30N4O2/c1-3-14-31(15-4-1)40-28-33(29-46-48(40)37-20-9-12-24-43(37)56-46)50-52-49(32-16-5-2-6-17-32)53-51(54-50)39-21-13-25-44-47(39)38-27-26-34(30-45(38)57-44)55-41-22-10-7-18-35(41)36-19-8-11-23-42(36)55/h1-30H/i7D,8D,10D,11D,13D,18D,22D,23D,25D,26D,30D. The van der Waals surface area contributed by atoms with Crippen molar-refractivity contribution in [1.82, 2.24) is 19.5 Å². The molecule has 0 amide bonds. The molecule has 0 saturated heterocycles. The smallest absolute Gasteiger partial charge is 0.164 e. The van der Waals surface area contributed by atoms with Crippen LogP contribution in [0.15, 0.2) is 191 Å². The average Bonchev–Trinajstić information content (AvgIpc) is 4.03. The normalized spacial score (nSPS) is 14.6. The fourth-order valence-corrected chi connectivity index (χ4v) is 7.74. The van der Waals surface area contributed by atoms with Crippen LogP contribution in [0.4, 0.5) is 0 Å². The largest absolute Gasteiger partial charge is 0.456 e. The molecular weight excluding hydrogens is 701 g/mol. The number of nitrogens with zero attached hydrogens (tertiary/aromatic N) is 4. The summed E-state index contributed by atoms with van der Waals surface area (Å²) in [6.07, 6.45) is 0. The van der Waals surface area contributed by atoms with Gasteiger partial charge in [-0.25, -0.2) is 15.0 Å². The predicted molar refractivity (Wildman–Crippen MR) is 230 cm³/mol. The monoisotopic (exact) mass is 741 g/mol. The van der Waals surface area contributed by atoms with Crippen molar-refractivity contribution in [2.24, 2.45) is 0 Å². The first-order valence-electron chi connectivity index (χ1n) is 23.6. The fraction of sp³-hybridized carbons (Fsp3) is 0. The second-order valence-electron chi connectivity index (χ2n) is 13.5. The summed E-state index contributed by atoms with van der Waals surface area (Å²) in [7, 11) is 0. The molecule has 6 nitrogen and oxygen atoms in total. The molecule has 0 aliphatic heterocycles. The summed E-state index contributed by atoms with van der Waals surface area (Å²) in [5.74, 6) is 0.678. The highest BCUT2D eigenvalue weighted by Gasteiger charge is 2.21. The third kappa shape index (κ3) is 4.94. The van der Waals surface area contributed by atoms with Gasteiger partial charge in [-0.15, -0.1) is 0 Å². The van der Waals surface area contributed by atoms with Gasteiger partial charge in [-0.2, -0.15) is 0 Å². The Kier molecular flexibility index (Phi) is 4.88. The van der Waals surface area contributed by atoms with E-state index in [0.29, 0.717) is 28.1 Å². The van der Waals surface area contributed by atoms with E-state index in [0.717, 1.165) is 21.9 Å². The van der Waals surface area contributed by atoms with Crippen molar-refractivity contribution in [3.8, 4) is 51.0 Å². The van der Waals surface area contributed by atoms with Gasteiger partial charge in [0.2, 0.25) is 0 Å². The summed E-state index contributed by atoms with van der Waals surface area (Å²) in [4.78, 5) is 15.0. The van der Waals surface area contributed by atoms with Crippen molar-refractivity contribution in [3.63, 3.8) is 0 Å². The number of para-hydroxylation sites is 3. The van der Waals surface area contributed by atoms with E-state index in [2.05, 4.69) is 0 Å². The Morgan fingerprint density at radius 2 is 1.09 bits per heavy atom. The fourth-order valence-electron chi connectivity index (χ4n) is 7.74. The maximum Gasteiger partial charge on any atom is 0.164 e. The zero-order chi connectivity index (χ0) is 47.0. The summed E-state index contributed by atoms with van der Waals surface area (Å²) in [5, 5.41) is 2.33. The van der Waals surface area contributed by atoms with Crippen LogP contribution < -0.4 is 0 Å². The number of aromatic nitrogens is 4. The Bertz CT molecular complexity index is 4170. The Morgan fingerprint density at radius 3 is 1.95 bits per heavy atom. The summed E-state index contributed by atoms with van der Waals surface area (Å²) >= 11 is 0. The van der Waals surface area contributed by atoms with Gasteiger partial charge in [0.05, 0.1) is 26.1 Å². The zero-order valence-electron chi connectivity index (χ0n) is 40.6. The minimum absolute atomic E-state index is 0.0405. The van der Waals surface area contributed by atoms with Crippen molar-refractivity contribution in [2.75, 3.05) is 0 Å². The molecule has 0 bridgehead atoms. The Morgan fingerprint density at radius 1 is 0.421 bits per heavy atom. The molecule has 0 aliphatic rings. The lowest BCUT2D eigenvalue weighted by molar-refractivity contribution is 0.668. The first-order valence-corrected chi connectivity index (χ1v) is 18.1. The zero-order valence-corrected chi connectivity index (χ0v) is 29.6. The molecular formula is C51H30N4O2. The van der Waals surface area contributed by atoms with Crippen molar-refractivity contribution >= 4 is 65.7 Å². The minimum Gasteiger partial charge on any atom is -0.456 e. The molecule has 4 aromatic heterocycles. The van der Waals surface area contributed by atoms with E-state index in [9.17, 15) is 2.74 Å². The molecule has 0 N–H and O–H groups in total. The van der Waals surface area contributed by atoms with Crippen molar-refractivity contribution in [3.05, 3.63) is 182 Å². The number of fused-ring (bicyclic) bond motifs is 9. The number of furan rings is 2. The average molecular weight is 742 g/mol. The second kappa shape index (κ2) is 12.3. The lowest BCUT2D eigenvalue weighted by atomic mass is 9.97. The molecule has 6 heteroatoms. The van der Waals surface area contributed by atoms with Crippen molar-refractivity contribution < 1.29 is 23.9 Å². The van der Waals surface area contributed by atoms with E-state index in [1.165, 1.54) is 22.8 Å². The molecule has 0 radical (unpaired) electrons. The second-order valence-corrected chi connectivity index (χ2v) is 13.5. The minimum atomic E-state index is -0.593. The van der Waals surface area contributed by atoms with Crippen LogP contribution in [0.5, 0.6) is 0 Å². The van der Waals surface area contributed by atoms with E-state index in [1.807, 2.05) is 97.1 Å². The molecule has 57 heavy (non-hydrogen) atoms.